The smallest absolute Gasteiger partial charge is 0.0682 e. The van der Waals surface area contributed by atoms with Gasteiger partial charge >= 0.3 is 0 Å². The van der Waals surface area contributed by atoms with Crippen LogP contribution < -0.4 is 0 Å². The minimum atomic E-state index is -0.0797. The van der Waals surface area contributed by atoms with Gasteiger partial charge in [0.2, 0.25) is 0 Å². The van der Waals surface area contributed by atoms with Gasteiger partial charge in [0.05, 0.1) is 6.10 Å². The van der Waals surface area contributed by atoms with E-state index in [0.29, 0.717) is 12.0 Å². The fraction of sp³-hybridized carbons (Fsp3) is 1.00. The Bertz CT molecular complexity index is 136. The lowest BCUT2D eigenvalue weighted by Gasteiger charge is -2.26. The van der Waals surface area contributed by atoms with Gasteiger partial charge in [-0.25, -0.2) is 0 Å². The van der Waals surface area contributed by atoms with E-state index in [2.05, 4.69) is 25.7 Å². The molecule has 0 aromatic carbocycles. The molecule has 2 unspecified atom stereocenters. The Kier molecular flexibility index (Phi) is 3.53. The van der Waals surface area contributed by atoms with Crippen molar-refractivity contribution in [3.05, 3.63) is 0 Å². The van der Waals surface area contributed by atoms with Crippen LogP contribution in [0.25, 0.3) is 0 Å². The molecule has 0 spiro atoms. The first-order valence-corrected chi connectivity index (χ1v) is 5.07. The number of β-amino-alcohol motifs (C(OH)–C–C–N with tert-alkyl or cyclic N) is 1. The van der Waals surface area contributed by atoms with E-state index in [1.54, 1.807) is 0 Å². The third-order valence-corrected chi connectivity index (χ3v) is 2.71. The van der Waals surface area contributed by atoms with Crippen molar-refractivity contribution in [2.75, 3.05) is 13.1 Å². The molecule has 0 radical (unpaired) electrons. The van der Waals surface area contributed by atoms with Gasteiger partial charge in [0.15, 0.2) is 0 Å². The van der Waals surface area contributed by atoms with Crippen molar-refractivity contribution in [3.63, 3.8) is 0 Å². The van der Waals surface area contributed by atoms with Crippen molar-refractivity contribution in [2.24, 2.45) is 5.92 Å². The van der Waals surface area contributed by atoms with Gasteiger partial charge in [-0.15, -0.1) is 0 Å². The number of likely N-dealkylation sites (tertiary alicyclic amines) is 1. The zero-order valence-electron chi connectivity index (χ0n) is 8.45. The Balaban J connectivity index is 2.47. The average molecular weight is 171 g/mol. The topological polar surface area (TPSA) is 23.5 Å². The fourth-order valence-corrected chi connectivity index (χ4v) is 2.15. The molecule has 1 aliphatic rings. The van der Waals surface area contributed by atoms with Crippen molar-refractivity contribution < 1.29 is 5.11 Å². The fourth-order valence-electron chi connectivity index (χ4n) is 2.15. The summed E-state index contributed by atoms with van der Waals surface area (Å²) in [6, 6.07) is 0.611. The van der Waals surface area contributed by atoms with Crippen LogP contribution in [0.15, 0.2) is 0 Å². The van der Waals surface area contributed by atoms with Gasteiger partial charge in [0.25, 0.3) is 0 Å². The number of hydrogen-bond donors (Lipinski definition) is 1. The Morgan fingerprint density at radius 2 is 2.17 bits per heavy atom. The van der Waals surface area contributed by atoms with Crippen LogP contribution in [-0.2, 0) is 0 Å². The highest BCUT2D eigenvalue weighted by Gasteiger charge is 2.31. The summed E-state index contributed by atoms with van der Waals surface area (Å²) < 4.78 is 0. The number of nitrogens with zero attached hydrogens (tertiary/aromatic N) is 1. The van der Waals surface area contributed by atoms with E-state index >= 15 is 0 Å². The zero-order valence-corrected chi connectivity index (χ0v) is 8.45. The minimum Gasteiger partial charge on any atom is -0.392 e. The molecule has 1 N–H and O–H groups in total. The third kappa shape index (κ3) is 2.20. The Hall–Kier alpha value is -0.0800. The molecule has 0 amide bonds. The minimum absolute atomic E-state index is 0.0797. The molecule has 0 saturated carbocycles. The van der Waals surface area contributed by atoms with Crippen molar-refractivity contribution in [3.8, 4) is 0 Å². The van der Waals surface area contributed by atoms with Gasteiger partial charge in [-0.2, -0.15) is 0 Å². The molecule has 2 heteroatoms. The summed E-state index contributed by atoms with van der Waals surface area (Å²) in [5.41, 5.74) is 0. The van der Waals surface area contributed by atoms with Gasteiger partial charge in [0, 0.05) is 12.6 Å². The lowest BCUT2D eigenvalue weighted by atomic mass is 10.0. The van der Waals surface area contributed by atoms with E-state index in [-0.39, 0.29) is 6.10 Å². The summed E-state index contributed by atoms with van der Waals surface area (Å²) in [7, 11) is 0. The van der Waals surface area contributed by atoms with Gasteiger partial charge in [0.1, 0.15) is 0 Å². The van der Waals surface area contributed by atoms with E-state index in [0.717, 1.165) is 19.5 Å². The van der Waals surface area contributed by atoms with Crippen LogP contribution in [-0.4, -0.2) is 35.2 Å². The maximum absolute atomic E-state index is 9.50. The van der Waals surface area contributed by atoms with Crippen LogP contribution in [0.4, 0.5) is 0 Å². The van der Waals surface area contributed by atoms with Gasteiger partial charge in [-0.3, -0.25) is 4.90 Å². The van der Waals surface area contributed by atoms with Crippen LogP contribution in [0.2, 0.25) is 0 Å². The van der Waals surface area contributed by atoms with Gasteiger partial charge in [-0.05, 0) is 25.3 Å². The second-order valence-corrected chi connectivity index (χ2v) is 4.20. The largest absolute Gasteiger partial charge is 0.392 e. The highest BCUT2D eigenvalue weighted by atomic mass is 16.3. The summed E-state index contributed by atoms with van der Waals surface area (Å²) >= 11 is 0. The lowest BCUT2D eigenvalue weighted by molar-refractivity contribution is 0.172. The monoisotopic (exact) mass is 171 g/mol. The summed E-state index contributed by atoms with van der Waals surface area (Å²) in [6.07, 6.45) is 2.08. The predicted molar refractivity (Wildman–Crippen MR) is 51.1 cm³/mol. The standard InChI is InChI=1S/C10H21NO/c1-4-5-11-7-9(12)6-10(11)8(2)3/h8-10,12H,4-7H2,1-3H3. The molecule has 2 nitrogen and oxygen atoms in total. The third-order valence-electron chi connectivity index (χ3n) is 2.71. The Labute approximate surface area is 75.6 Å². The second-order valence-electron chi connectivity index (χ2n) is 4.20. The number of rotatable bonds is 3. The summed E-state index contributed by atoms with van der Waals surface area (Å²) in [5.74, 6) is 0.675. The van der Waals surface area contributed by atoms with Gasteiger partial charge < -0.3 is 5.11 Å². The van der Waals surface area contributed by atoms with E-state index in [4.69, 9.17) is 0 Å². The molecule has 0 aromatic heterocycles. The maximum atomic E-state index is 9.50. The van der Waals surface area contributed by atoms with Crippen LogP contribution in [0.1, 0.15) is 33.6 Å². The molecule has 72 valence electrons. The molecular weight excluding hydrogens is 150 g/mol. The second kappa shape index (κ2) is 4.24. The summed E-state index contributed by atoms with van der Waals surface area (Å²) in [5, 5.41) is 9.50. The molecular formula is C10H21NO. The molecule has 1 fully saturated rings. The quantitative estimate of drug-likeness (QED) is 0.695. The molecule has 1 heterocycles. The molecule has 1 saturated heterocycles. The van der Waals surface area contributed by atoms with Crippen LogP contribution >= 0.6 is 0 Å². The first-order valence-electron chi connectivity index (χ1n) is 5.07. The first kappa shape index (κ1) is 10.0. The van der Waals surface area contributed by atoms with Gasteiger partial charge in [-0.1, -0.05) is 20.8 Å². The molecule has 12 heavy (non-hydrogen) atoms. The lowest BCUT2D eigenvalue weighted by Crippen LogP contribution is -2.34. The van der Waals surface area contributed by atoms with E-state index in [9.17, 15) is 5.11 Å². The SMILES string of the molecule is CCCN1CC(O)CC1C(C)C. The summed E-state index contributed by atoms with van der Waals surface area (Å²) in [4.78, 5) is 2.43. The predicted octanol–water partition coefficient (Wildman–Crippen LogP) is 1.49. The number of hydrogen-bond acceptors (Lipinski definition) is 2. The number of aliphatic hydroxyl groups excluding tert-OH is 1. The van der Waals surface area contributed by atoms with Crippen molar-refractivity contribution >= 4 is 0 Å². The number of aliphatic hydroxyl groups is 1. The summed E-state index contributed by atoms with van der Waals surface area (Å²) in [6.45, 7) is 8.70. The first-order chi connectivity index (χ1) is 5.65. The van der Waals surface area contributed by atoms with E-state index in [1.165, 1.54) is 6.42 Å². The highest BCUT2D eigenvalue weighted by Crippen LogP contribution is 2.23. The molecule has 0 bridgehead atoms. The van der Waals surface area contributed by atoms with Crippen molar-refractivity contribution in [2.45, 2.75) is 45.8 Å². The highest BCUT2D eigenvalue weighted by molar-refractivity contribution is 4.86. The van der Waals surface area contributed by atoms with E-state index < -0.39 is 0 Å². The molecule has 0 aliphatic carbocycles. The molecule has 0 aromatic rings. The Morgan fingerprint density at radius 1 is 1.50 bits per heavy atom. The van der Waals surface area contributed by atoms with Crippen molar-refractivity contribution in [1.82, 2.24) is 4.90 Å². The molecule has 2 atom stereocenters. The van der Waals surface area contributed by atoms with Crippen LogP contribution in [0.5, 0.6) is 0 Å². The van der Waals surface area contributed by atoms with Crippen molar-refractivity contribution in [1.29, 1.82) is 0 Å². The average Bonchev–Trinajstić information content (AvgIpc) is 2.32. The molecule has 1 aliphatic heterocycles. The van der Waals surface area contributed by atoms with Crippen LogP contribution in [0, 0.1) is 5.92 Å². The van der Waals surface area contributed by atoms with E-state index in [1.807, 2.05) is 0 Å². The maximum Gasteiger partial charge on any atom is 0.0682 e. The molecule has 1 rings (SSSR count). The normalized spacial score (nSPS) is 31.8. The van der Waals surface area contributed by atoms with Crippen LogP contribution in [0.3, 0.4) is 0 Å². The Morgan fingerprint density at radius 3 is 2.67 bits per heavy atom. The zero-order chi connectivity index (χ0) is 9.14.